The number of hydrogen-bond acceptors (Lipinski definition) is 3. The van der Waals surface area contributed by atoms with E-state index in [1.807, 2.05) is 18.7 Å². The number of aromatic carboxylic acids is 1. The van der Waals surface area contributed by atoms with Crippen LogP contribution in [0.15, 0.2) is 16.6 Å². The summed E-state index contributed by atoms with van der Waals surface area (Å²) in [4.78, 5) is 12.9. The molecule has 0 aromatic heterocycles. The average Bonchev–Trinajstić information content (AvgIpc) is 2.32. The maximum absolute atomic E-state index is 14.4. The van der Waals surface area contributed by atoms with E-state index in [1.165, 1.54) is 12.1 Å². The molecule has 0 saturated carbocycles. The largest absolute Gasteiger partial charge is 0.478 e. The predicted molar refractivity (Wildman–Crippen MR) is 73.3 cm³/mol. The van der Waals surface area contributed by atoms with Crippen molar-refractivity contribution >= 4 is 27.6 Å². The zero-order chi connectivity index (χ0) is 14.2. The summed E-state index contributed by atoms with van der Waals surface area (Å²) in [5.41, 5.74) is -0.0130. The summed E-state index contributed by atoms with van der Waals surface area (Å²) < 4.78 is 19.7. The number of benzene rings is 1. The Morgan fingerprint density at radius 1 is 1.53 bits per heavy atom. The molecule has 4 nitrogen and oxygen atoms in total. The molecule has 0 atom stereocenters. The highest BCUT2D eigenvalue weighted by Gasteiger charge is 2.33. The average molecular weight is 332 g/mol. The Kier molecular flexibility index (Phi) is 3.82. The van der Waals surface area contributed by atoms with Gasteiger partial charge in [-0.05, 0) is 41.9 Å². The van der Waals surface area contributed by atoms with Gasteiger partial charge >= 0.3 is 5.97 Å². The number of rotatable bonds is 2. The third kappa shape index (κ3) is 2.60. The molecule has 1 aromatic carbocycles. The second-order valence-electron chi connectivity index (χ2n) is 5.08. The molecule has 19 heavy (non-hydrogen) atoms. The smallest absolute Gasteiger partial charge is 0.336 e. The van der Waals surface area contributed by atoms with Crippen molar-refractivity contribution in [3.63, 3.8) is 0 Å². The van der Waals surface area contributed by atoms with Gasteiger partial charge in [0, 0.05) is 6.54 Å². The van der Waals surface area contributed by atoms with Crippen LogP contribution in [0.4, 0.5) is 10.1 Å². The SMILES string of the molecule is CC1(C)COCCN1c1ccc(C(=O)O)c(Br)c1F. The molecule has 0 aliphatic carbocycles. The Balaban J connectivity index is 2.46. The summed E-state index contributed by atoms with van der Waals surface area (Å²) in [6.45, 7) is 5.53. The molecule has 0 spiro atoms. The number of carboxylic acid groups (broad SMARTS) is 1. The zero-order valence-corrected chi connectivity index (χ0v) is 12.3. The summed E-state index contributed by atoms with van der Waals surface area (Å²) in [7, 11) is 0. The molecule has 1 fully saturated rings. The van der Waals surface area contributed by atoms with Crippen LogP contribution < -0.4 is 4.90 Å². The standard InChI is InChI=1S/C13H15BrFNO3/c1-13(2)7-19-6-5-16(13)9-4-3-8(12(17)18)10(14)11(9)15/h3-4H,5-7H2,1-2H3,(H,17,18). The number of anilines is 1. The summed E-state index contributed by atoms with van der Waals surface area (Å²) in [5, 5.41) is 8.96. The second-order valence-corrected chi connectivity index (χ2v) is 5.88. The van der Waals surface area contributed by atoms with Crippen LogP contribution in [0.3, 0.4) is 0 Å². The van der Waals surface area contributed by atoms with E-state index in [1.54, 1.807) is 0 Å². The van der Waals surface area contributed by atoms with Gasteiger partial charge in [-0.3, -0.25) is 0 Å². The van der Waals surface area contributed by atoms with Crippen LogP contribution in [0.5, 0.6) is 0 Å². The maximum atomic E-state index is 14.4. The van der Waals surface area contributed by atoms with Gasteiger partial charge in [-0.1, -0.05) is 0 Å². The minimum atomic E-state index is -1.15. The Bertz CT molecular complexity index is 519. The Labute approximate surface area is 119 Å². The first kappa shape index (κ1) is 14.3. The molecule has 1 aromatic rings. The van der Waals surface area contributed by atoms with Crippen molar-refractivity contribution < 1.29 is 19.0 Å². The number of nitrogens with zero attached hydrogens (tertiary/aromatic N) is 1. The minimum absolute atomic E-state index is 0.0141. The van der Waals surface area contributed by atoms with Gasteiger partial charge in [0.15, 0.2) is 5.82 Å². The molecular formula is C13H15BrFNO3. The number of carbonyl (C=O) groups is 1. The van der Waals surface area contributed by atoms with Crippen molar-refractivity contribution in [3.8, 4) is 0 Å². The van der Waals surface area contributed by atoms with Gasteiger partial charge < -0.3 is 14.7 Å². The first-order chi connectivity index (χ1) is 8.84. The predicted octanol–water partition coefficient (Wildman–Crippen LogP) is 2.90. The molecule has 104 valence electrons. The van der Waals surface area contributed by atoms with Crippen molar-refractivity contribution in [2.45, 2.75) is 19.4 Å². The Morgan fingerprint density at radius 3 is 2.79 bits per heavy atom. The normalized spacial score (nSPS) is 18.4. The molecule has 1 N–H and O–H groups in total. The van der Waals surface area contributed by atoms with E-state index in [9.17, 15) is 9.18 Å². The van der Waals surface area contributed by atoms with E-state index in [2.05, 4.69) is 15.9 Å². The monoisotopic (exact) mass is 331 g/mol. The molecule has 0 amide bonds. The van der Waals surface area contributed by atoms with Crippen molar-refractivity contribution in [1.29, 1.82) is 0 Å². The second kappa shape index (κ2) is 5.09. The molecule has 2 rings (SSSR count). The molecule has 1 aliphatic heterocycles. The molecule has 6 heteroatoms. The van der Waals surface area contributed by atoms with E-state index in [0.29, 0.717) is 25.4 Å². The van der Waals surface area contributed by atoms with E-state index < -0.39 is 11.8 Å². The lowest BCUT2D eigenvalue weighted by Gasteiger charge is -2.44. The van der Waals surface area contributed by atoms with Crippen LogP contribution in [-0.4, -0.2) is 36.4 Å². The van der Waals surface area contributed by atoms with Crippen LogP contribution in [0.1, 0.15) is 24.2 Å². The van der Waals surface area contributed by atoms with Gasteiger partial charge in [-0.2, -0.15) is 0 Å². The van der Waals surface area contributed by atoms with Gasteiger partial charge in [0.25, 0.3) is 0 Å². The zero-order valence-electron chi connectivity index (χ0n) is 10.7. The van der Waals surface area contributed by atoms with E-state index in [4.69, 9.17) is 9.84 Å². The van der Waals surface area contributed by atoms with Gasteiger partial charge in [0.1, 0.15) is 0 Å². The van der Waals surface area contributed by atoms with Gasteiger partial charge in [-0.15, -0.1) is 0 Å². The molecule has 0 radical (unpaired) electrons. The fraction of sp³-hybridized carbons (Fsp3) is 0.462. The lowest BCUT2D eigenvalue weighted by molar-refractivity contribution is 0.0639. The first-order valence-electron chi connectivity index (χ1n) is 5.91. The summed E-state index contributed by atoms with van der Waals surface area (Å²) in [5.74, 6) is -1.70. The number of ether oxygens (including phenoxy) is 1. The van der Waals surface area contributed by atoms with Crippen LogP contribution in [-0.2, 0) is 4.74 Å². The van der Waals surface area contributed by atoms with Gasteiger partial charge in [0.2, 0.25) is 0 Å². The van der Waals surface area contributed by atoms with Crippen molar-refractivity contribution in [2.75, 3.05) is 24.7 Å². The topological polar surface area (TPSA) is 49.8 Å². The van der Waals surface area contributed by atoms with Gasteiger partial charge in [0.05, 0.1) is 34.5 Å². The molecule has 0 unspecified atom stereocenters. The van der Waals surface area contributed by atoms with Crippen LogP contribution in [0.2, 0.25) is 0 Å². The van der Waals surface area contributed by atoms with E-state index in [0.717, 1.165) is 0 Å². The fourth-order valence-electron chi connectivity index (χ4n) is 2.22. The summed E-state index contributed by atoms with van der Waals surface area (Å²) in [6.07, 6.45) is 0. The number of halogens is 2. The Morgan fingerprint density at radius 2 is 2.21 bits per heavy atom. The highest BCUT2D eigenvalue weighted by molar-refractivity contribution is 9.10. The van der Waals surface area contributed by atoms with Crippen molar-refractivity contribution in [1.82, 2.24) is 0 Å². The van der Waals surface area contributed by atoms with Crippen LogP contribution >= 0.6 is 15.9 Å². The number of morpholine rings is 1. The van der Waals surface area contributed by atoms with Crippen molar-refractivity contribution in [2.24, 2.45) is 0 Å². The molecule has 1 aliphatic rings. The minimum Gasteiger partial charge on any atom is -0.478 e. The lowest BCUT2D eigenvalue weighted by Crippen LogP contribution is -2.53. The van der Waals surface area contributed by atoms with Gasteiger partial charge in [-0.25, -0.2) is 9.18 Å². The molecule has 1 saturated heterocycles. The lowest BCUT2D eigenvalue weighted by atomic mass is 10.0. The van der Waals surface area contributed by atoms with E-state index in [-0.39, 0.29) is 15.6 Å². The molecule has 0 bridgehead atoms. The van der Waals surface area contributed by atoms with E-state index >= 15 is 0 Å². The third-order valence-electron chi connectivity index (χ3n) is 3.23. The maximum Gasteiger partial charge on any atom is 0.336 e. The van der Waals surface area contributed by atoms with Crippen LogP contribution in [0, 0.1) is 5.82 Å². The highest BCUT2D eigenvalue weighted by Crippen LogP contribution is 2.34. The summed E-state index contributed by atoms with van der Waals surface area (Å²) in [6, 6.07) is 2.92. The number of hydrogen-bond donors (Lipinski definition) is 1. The highest BCUT2D eigenvalue weighted by atomic mass is 79.9. The quantitative estimate of drug-likeness (QED) is 0.905. The summed E-state index contributed by atoms with van der Waals surface area (Å²) >= 11 is 3.02. The first-order valence-corrected chi connectivity index (χ1v) is 6.70. The molecular weight excluding hydrogens is 317 g/mol. The Hall–Kier alpha value is -1.14. The fourth-order valence-corrected chi connectivity index (χ4v) is 2.72. The third-order valence-corrected chi connectivity index (χ3v) is 4.00. The number of carboxylic acids is 1. The van der Waals surface area contributed by atoms with Crippen molar-refractivity contribution in [3.05, 3.63) is 28.0 Å². The molecule has 1 heterocycles. The van der Waals surface area contributed by atoms with Crippen LogP contribution in [0.25, 0.3) is 0 Å².